The molecule has 0 spiro atoms. The zero-order chi connectivity index (χ0) is 13.8. The van der Waals surface area contributed by atoms with Gasteiger partial charge in [-0.3, -0.25) is 4.79 Å². The van der Waals surface area contributed by atoms with Gasteiger partial charge in [0.1, 0.15) is 0 Å². The van der Waals surface area contributed by atoms with E-state index in [0.29, 0.717) is 11.1 Å². The van der Waals surface area contributed by atoms with Crippen molar-refractivity contribution in [2.45, 2.75) is 6.54 Å². The molecule has 0 aromatic heterocycles. The van der Waals surface area contributed by atoms with Crippen molar-refractivity contribution in [1.29, 1.82) is 5.26 Å². The fraction of sp³-hybridized carbons (Fsp3) is 0.273. The number of carboxylic acid groups (broad SMARTS) is 1. The second kappa shape index (κ2) is 5.62. The van der Waals surface area contributed by atoms with Crippen molar-refractivity contribution in [3.63, 3.8) is 0 Å². The van der Waals surface area contributed by atoms with E-state index in [4.69, 9.17) is 10.4 Å². The summed E-state index contributed by atoms with van der Waals surface area (Å²) in [6.45, 7) is 0.0329. The minimum Gasteiger partial charge on any atom is -0.480 e. The van der Waals surface area contributed by atoms with Crippen LogP contribution in [0, 0.1) is 11.3 Å². The van der Waals surface area contributed by atoms with Crippen molar-refractivity contribution >= 4 is 16.0 Å². The van der Waals surface area contributed by atoms with Crippen LogP contribution >= 0.6 is 0 Å². The van der Waals surface area contributed by atoms with Crippen LogP contribution in [-0.2, 0) is 21.4 Å². The molecule has 0 heterocycles. The summed E-state index contributed by atoms with van der Waals surface area (Å²) in [4.78, 5) is 10.4. The summed E-state index contributed by atoms with van der Waals surface area (Å²) in [6.07, 6.45) is 0. The van der Waals surface area contributed by atoms with Gasteiger partial charge in [0.25, 0.3) is 0 Å². The molecule has 0 aliphatic rings. The Morgan fingerprint density at radius 2 is 2.17 bits per heavy atom. The van der Waals surface area contributed by atoms with Crippen LogP contribution in [0.15, 0.2) is 24.3 Å². The van der Waals surface area contributed by atoms with Gasteiger partial charge in [-0.2, -0.15) is 5.26 Å². The standard InChI is InChI=1S/C11H12N2O4S/c1-13(18(16,17)8-11(14)15)7-10-4-2-3-9(5-10)6-12/h2-5H,7-8H2,1H3,(H,14,15). The van der Waals surface area contributed by atoms with Crippen LogP contribution in [0.1, 0.15) is 11.1 Å². The SMILES string of the molecule is CN(Cc1cccc(C#N)c1)S(=O)(=O)CC(=O)O. The number of hydrogen-bond donors (Lipinski definition) is 1. The predicted molar refractivity (Wildman–Crippen MR) is 64.0 cm³/mol. The molecule has 1 rings (SSSR count). The summed E-state index contributed by atoms with van der Waals surface area (Å²) in [7, 11) is -2.52. The molecule has 0 radical (unpaired) electrons. The number of hydrogen-bond acceptors (Lipinski definition) is 4. The molecule has 0 aliphatic heterocycles. The fourth-order valence-electron chi connectivity index (χ4n) is 1.36. The Hall–Kier alpha value is -1.91. The molecule has 7 heteroatoms. The Morgan fingerprint density at radius 1 is 1.50 bits per heavy atom. The molecule has 0 aliphatic carbocycles. The maximum Gasteiger partial charge on any atom is 0.320 e. The highest BCUT2D eigenvalue weighted by molar-refractivity contribution is 7.89. The van der Waals surface area contributed by atoms with E-state index in [9.17, 15) is 13.2 Å². The first-order valence-corrected chi connectivity index (χ1v) is 6.61. The van der Waals surface area contributed by atoms with Crippen LogP contribution in [0.25, 0.3) is 0 Å². The first-order valence-electron chi connectivity index (χ1n) is 5.00. The molecule has 0 fully saturated rings. The highest BCUT2D eigenvalue weighted by Gasteiger charge is 2.21. The van der Waals surface area contributed by atoms with E-state index >= 15 is 0 Å². The van der Waals surface area contributed by atoms with E-state index in [1.807, 2.05) is 6.07 Å². The molecule has 96 valence electrons. The van der Waals surface area contributed by atoms with E-state index < -0.39 is 21.7 Å². The third-order valence-electron chi connectivity index (χ3n) is 2.24. The smallest absolute Gasteiger partial charge is 0.320 e. The molecule has 1 aromatic carbocycles. The number of carbonyl (C=O) groups is 1. The predicted octanol–water partition coefficient (Wildman–Crippen LogP) is 0.404. The summed E-state index contributed by atoms with van der Waals surface area (Å²) in [5.74, 6) is -2.34. The first-order chi connectivity index (χ1) is 8.35. The van der Waals surface area contributed by atoms with E-state index in [2.05, 4.69) is 0 Å². The molecule has 0 saturated carbocycles. The summed E-state index contributed by atoms with van der Waals surface area (Å²) in [6, 6.07) is 8.44. The number of carboxylic acids is 1. The van der Waals surface area contributed by atoms with Gasteiger partial charge in [0.2, 0.25) is 10.0 Å². The average Bonchev–Trinajstić information content (AvgIpc) is 2.27. The molecule has 0 saturated heterocycles. The van der Waals surface area contributed by atoms with Gasteiger partial charge in [-0.25, -0.2) is 12.7 Å². The third-order valence-corrected chi connectivity index (χ3v) is 3.93. The molecule has 0 amide bonds. The largest absolute Gasteiger partial charge is 0.480 e. The lowest BCUT2D eigenvalue weighted by atomic mass is 10.1. The lowest BCUT2D eigenvalue weighted by Gasteiger charge is -2.15. The van der Waals surface area contributed by atoms with Gasteiger partial charge in [0.15, 0.2) is 5.75 Å². The monoisotopic (exact) mass is 268 g/mol. The molecule has 1 N–H and O–H groups in total. The molecule has 0 unspecified atom stereocenters. The molecule has 0 atom stereocenters. The summed E-state index contributed by atoms with van der Waals surface area (Å²) < 4.78 is 24.1. The van der Waals surface area contributed by atoms with Crippen LogP contribution in [0.2, 0.25) is 0 Å². The summed E-state index contributed by atoms with van der Waals surface area (Å²) in [5, 5.41) is 17.2. The minimum absolute atomic E-state index is 0.0329. The van der Waals surface area contributed by atoms with Crippen molar-refractivity contribution in [3.05, 3.63) is 35.4 Å². The molecular formula is C11H12N2O4S. The number of rotatable bonds is 5. The van der Waals surface area contributed by atoms with E-state index in [-0.39, 0.29) is 6.54 Å². The zero-order valence-electron chi connectivity index (χ0n) is 9.70. The number of aliphatic carboxylic acids is 1. The maximum atomic E-state index is 11.6. The highest BCUT2D eigenvalue weighted by Crippen LogP contribution is 2.09. The molecule has 0 bridgehead atoms. The van der Waals surface area contributed by atoms with Crippen LogP contribution in [-0.4, -0.2) is 36.6 Å². The molecule has 18 heavy (non-hydrogen) atoms. The Labute approximate surface area is 105 Å². The lowest BCUT2D eigenvalue weighted by Crippen LogP contribution is -2.31. The topological polar surface area (TPSA) is 98.5 Å². The molecular weight excluding hydrogens is 256 g/mol. The average molecular weight is 268 g/mol. The molecule has 6 nitrogen and oxygen atoms in total. The van der Waals surface area contributed by atoms with Crippen LogP contribution in [0.5, 0.6) is 0 Å². The minimum atomic E-state index is -3.83. The Kier molecular flexibility index (Phi) is 4.42. The van der Waals surface area contributed by atoms with E-state index in [0.717, 1.165) is 4.31 Å². The second-order valence-corrected chi connectivity index (χ2v) is 5.79. The first kappa shape index (κ1) is 14.2. The van der Waals surface area contributed by atoms with Gasteiger partial charge in [-0.1, -0.05) is 12.1 Å². The molecule has 1 aromatic rings. The van der Waals surface area contributed by atoms with Crippen LogP contribution in [0.4, 0.5) is 0 Å². The number of benzene rings is 1. The van der Waals surface area contributed by atoms with Gasteiger partial charge >= 0.3 is 5.97 Å². The quantitative estimate of drug-likeness (QED) is 0.833. The maximum absolute atomic E-state index is 11.6. The number of nitriles is 1. The van der Waals surface area contributed by atoms with Crippen LogP contribution in [0.3, 0.4) is 0 Å². The summed E-state index contributed by atoms with van der Waals surface area (Å²) >= 11 is 0. The number of sulfonamides is 1. The van der Waals surface area contributed by atoms with E-state index in [1.165, 1.54) is 7.05 Å². The third kappa shape index (κ3) is 3.84. The van der Waals surface area contributed by atoms with Gasteiger partial charge in [0.05, 0.1) is 11.6 Å². The van der Waals surface area contributed by atoms with Gasteiger partial charge in [-0.05, 0) is 17.7 Å². The normalized spacial score (nSPS) is 11.2. The Bertz CT molecular complexity index is 589. The summed E-state index contributed by atoms with van der Waals surface area (Å²) in [5.41, 5.74) is 1.06. The fourth-order valence-corrected chi connectivity index (χ4v) is 2.24. The van der Waals surface area contributed by atoms with E-state index in [1.54, 1.807) is 24.3 Å². The van der Waals surface area contributed by atoms with Crippen molar-refractivity contribution in [2.75, 3.05) is 12.8 Å². The van der Waals surface area contributed by atoms with Crippen molar-refractivity contribution < 1.29 is 18.3 Å². The van der Waals surface area contributed by atoms with Gasteiger partial charge in [0, 0.05) is 13.6 Å². The number of nitrogens with zero attached hydrogens (tertiary/aromatic N) is 2. The van der Waals surface area contributed by atoms with Crippen molar-refractivity contribution in [2.24, 2.45) is 0 Å². The highest BCUT2D eigenvalue weighted by atomic mass is 32.2. The lowest BCUT2D eigenvalue weighted by molar-refractivity contribution is -0.134. The van der Waals surface area contributed by atoms with Crippen LogP contribution < -0.4 is 0 Å². The second-order valence-electron chi connectivity index (χ2n) is 3.72. The van der Waals surface area contributed by atoms with Gasteiger partial charge < -0.3 is 5.11 Å². The Morgan fingerprint density at radius 3 is 2.72 bits per heavy atom. The Balaban J connectivity index is 2.84. The van der Waals surface area contributed by atoms with Crippen molar-refractivity contribution in [3.8, 4) is 6.07 Å². The zero-order valence-corrected chi connectivity index (χ0v) is 10.5. The van der Waals surface area contributed by atoms with Crippen molar-refractivity contribution in [1.82, 2.24) is 4.31 Å². The van der Waals surface area contributed by atoms with Gasteiger partial charge in [-0.15, -0.1) is 0 Å².